The molecule has 1 heterocycles. The van der Waals surface area contributed by atoms with Gasteiger partial charge in [-0.3, -0.25) is 4.79 Å². The number of likely N-dealkylation sites (tertiary alicyclic amines) is 1. The van der Waals surface area contributed by atoms with Gasteiger partial charge in [0.1, 0.15) is 5.75 Å². The highest BCUT2D eigenvalue weighted by molar-refractivity contribution is 5.74. The standard InChI is InChI=1S/C14H16F3NO3/c1-18-7-11(12(8-18)13(19)20-2)9-3-5-10(6-4-9)21-14(15,16)17/h3-6,11-12H,7-8H2,1-2H3. The zero-order valence-corrected chi connectivity index (χ0v) is 11.7. The highest BCUT2D eigenvalue weighted by Gasteiger charge is 2.38. The first-order chi connectivity index (χ1) is 9.80. The summed E-state index contributed by atoms with van der Waals surface area (Å²) >= 11 is 0. The Morgan fingerprint density at radius 3 is 2.38 bits per heavy atom. The van der Waals surface area contributed by atoms with Crippen molar-refractivity contribution in [1.82, 2.24) is 4.90 Å². The lowest BCUT2D eigenvalue weighted by Gasteiger charge is -2.17. The minimum Gasteiger partial charge on any atom is -0.469 e. The van der Waals surface area contributed by atoms with Gasteiger partial charge >= 0.3 is 12.3 Å². The molecule has 1 aliphatic heterocycles. The molecule has 1 aliphatic rings. The van der Waals surface area contributed by atoms with Crippen molar-refractivity contribution in [3.8, 4) is 5.75 Å². The van der Waals surface area contributed by atoms with Crippen LogP contribution in [0.25, 0.3) is 0 Å². The average Bonchev–Trinajstić information content (AvgIpc) is 2.79. The number of esters is 1. The van der Waals surface area contributed by atoms with Crippen LogP contribution in [-0.4, -0.2) is 44.5 Å². The topological polar surface area (TPSA) is 38.8 Å². The lowest BCUT2D eigenvalue weighted by Crippen LogP contribution is -2.23. The molecule has 0 aromatic heterocycles. The first kappa shape index (κ1) is 15.6. The Morgan fingerprint density at radius 1 is 1.24 bits per heavy atom. The van der Waals surface area contributed by atoms with Crippen LogP contribution >= 0.6 is 0 Å². The first-order valence-corrected chi connectivity index (χ1v) is 6.42. The molecule has 116 valence electrons. The maximum Gasteiger partial charge on any atom is 0.573 e. The molecule has 1 aromatic carbocycles. The summed E-state index contributed by atoms with van der Waals surface area (Å²) in [5.41, 5.74) is 0.796. The zero-order chi connectivity index (χ0) is 15.6. The number of alkyl halides is 3. The lowest BCUT2D eigenvalue weighted by molar-refractivity contribution is -0.274. The summed E-state index contributed by atoms with van der Waals surface area (Å²) in [4.78, 5) is 13.8. The minimum absolute atomic E-state index is 0.0950. The minimum atomic E-state index is -4.70. The van der Waals surface area contributed by atoms with Crippen molar-refractivity contribution in [3.63, 3.8) is 0 Å². The zero-order valence-electron chi connectivity index (χ0n) is 11.7. The number of ether oxygens (including phenoxy) is 2. The summed E-state index contributed by atoms with van der Waals surface area (Å²) in [7, 11) is 3.22. The summed E-state index contributed by atoms with van der Waals surface area (Å²) in [5, 5.41) is 0. The fourth-order valence-corrected chi connectivity index (χ4v) is 2.65. The number of halogens is 3. The Kier molecular flexibility index (Phi) is 4.41. The molecular weight excluding hydrogens is 287 g/mol. The van der Waals surface area contributed by atoms with Gasteiger partial charge in [-0.05, 0) is 24.7 Å². The quantitative estimate of drug-likeness (QED) is 0.804. The van der Waals surface area contributed by atoms with Gasteiger partial charge in [0.25, 0.3) is 0 Å². The van der Waals surface area contributed by atoms with Crippen LogP contribution in [0.15, 0.2) is 24.3 Å². The van der Waals surface area contributed by atoms with E-state index in [0.29, 0.717) is 13.1 Å². The molecule has 21 heavy (non-hydrogen) atoms. The molecule has 0 aliphatic carbocycles. The van der Waals surface area contributed by atoms with Crippen molar-refractivity contribution in [2.75, 3.05) is 27.2 Å². The van der Waals surface area contributed by atoms with Crippen molar-refractivity contribution in [2.24, 2.45) is 5.92 Å². The molecule has 0 N–H and O–H groups in total. The van der Waals surface area contributed by atoms with E-state index in [-0.39, 0.29) is 23.6 Å². The predicted octanol–water partition coefficient (Wildman–Crippen LogP) is 2.40. The van der Waals surface area contributed by atoms with Crippen LogP contribution in [0.4, 0.5) is 13.2 Å². The van der Waals surface area contributed by atoms with Crippen molar-refractivity contribution >= 4 is 5.97 Å². The number of methoxy groups -OCH3 is 1. The Hall–Kier alpha value is -1.76. The Labute approximate surface area is 120 Å². The van der Waals surface area contributed by atoms with E-state index in [1.165, 1.54) is 19.2 Å². The van der Waals surface area contributed by atoms with Gasteiger partial charge in [-0.1, -0.05) is 12.1 Å². The van der Waals surface area contributed by atoms with Crippen molar-refractivity contribution in [2.45, 2.75) is 12.3 Å². The molecule has 2 unspecified atom stereocenters. The second-order valence-corrected chi connectivity index (χ2v) is 5.07. The molecule has 2 atom stereocenters. The Morgan fingerprint density at radius 2 is 1.86 bits per heavy atom. The van der Waals surface area contributed by atoms with E-state index in [0.717, 1.165) is 5.56 Å². The number of likely N-dealkylation sites (N-methyl/N-ethyl adjacent to an activating group) is 1. The van der Waals surface area contributed by atoms with Crippen LogP contribution in [0.5, 0.6) is 5.75 Å². The number of rotatable bonds is 3. The monoisotopic (exact) mass is 303 g/mol. The summed E-state index contributed by atoms with van der Waals surface area (Å²) in [5.74, 6) is -0.982. The van der Waals surface area contributed by atoms with E-state index < -0.39 is 6.36 Å². The van der Waals surface area contributed by atoms with E-state index in [1.54, 1.807) is 12.1 Å². The highest BCUT2D eigenvalue weighted by atomic mass is 19.4. The van der Waals surface area contributed by atoms with Crippen LogP contribution in [-0.2, 0) is 9.53 Å². The van der Waals surface area contributed by atoms with E-state index in [1.807, 2.05) is 11.9 Å². The molecule has 0 radical (unpaired) electrons. The van der Waals surface area contributed by atoms with E-state index in [4.69, 9.17) is 4.74 Å². The third kappa shape index (κ3) is 3.87. The summed E-state index contributed by atoms with van der Waals surface area (Å²) in [6, 6.07) is 5.63. The molecule has 4 nitrogen and oxygen atoms in total. The SMILES string of the molecule is COC(=O)C1CN(C)CC1c1ccc(OC(F)(F)F)cc1. The van der Waals surface area contributed by atoms with Gasteiger partial charge in [0.2, 0.25) is 0 Å². The number of hydrogen-bond acceptors (Lipinski definition) is 4. The number of carbonyl (C=O) groups excluding carboxylic acids is 1. The number of hydrogen-bond donors (Lipinski definition) is 0. The van der Waals surface area contributed by atoms with Gasteiger partial charge in [-0.2, -0.15) is 0 Å². The molecule has 1 saturated heterocycles. The summed E-state index contributed by atoms with van der Waals surface area (Å²) < 4.78 is 45.0. The molecular formula is C14H16F3NO3. The number of carbonyl (C=O) groups is 1. The predicted molar refractivity (Wildman–Crippen MR) is 68.9 cm³/mol. The van der Waals surface area contributed by atoms with E-state index >= 15 is 0 Å². The molecule has 0 amide bonds. The molecule has 0 saturated carbocycles. The van der Waals surface area contributed by atoms with Crippen LogP contribution in [0.2, 0.25) is 0 Å². The summed E-state index contributed by atoms with van der Waals surface area (Å²) in [6.45, 7) is 1.22. The number of benzene rings is 1. The van der Waals surface area contributed by atoms with Crippen molar-refractivity contribution < 1.29 is 27.4 Å². The lowest BCUT2D eigenvalue weighted by atomic mass is 9.89. The smallest absolute Gasteiger partial charge is 0.469 e. The van der Waals surface area contributed by atoms with Gasteiger partial charge in [0.15, 0.2) is 0 Å². The maximum absolute atomic E-state index is 12.1. The van der Waals surface area contributed by atoms with Gasteiger partial charge in [0.05, 0.1) is 13.0 Å². The average molecular weight is 303 g/mol. The molecule has 7 heteroatoms. The molecule has 0 bridgehead atoms. The Balaban J connectivity index is 2.15. The third-order valence-corrected chi connectivity index (χ3v) is 3.55. The second kappa shape index (κ2) is 5.93. The largest absolute Gasteiger partial charge is 0.573 e. The van der Waals surface area contributed by atoms with Crippen LogP contribution in [0, 0.1) is 5.92 Å². The van der Waals surface area contributed by atoms with Crippen LogP contribution in [0.1, 0.15) is 11.5 Å². The van der Waals surface area contributed by atoms with Crippen LogP contribution < -0.4 is 4.74 Å². The highest BCUT2D eigenvalue weighted by Crippen LogP contribution is 2.34. The molecule has 1 fully saturated rings. The second-order valence-electron chi connectivity index (χ2n) is 5.07. The van der Waals surface area contributed by atoms with Gasteiger partial charge < -0.3 is 14.4 Å². The molecule has 0 spiro atoms. The van der Waals surface area contributed by atoms with E-state index in [9.17, 15) is 18.0 Å². The van der Waals surface area contributed by atoms with Gasteiger partial charge in [0, 0.05) is 19.0 Å². The van der Waals surface area contributed by atoms with E-state index in [2.05, 4.69) is 4.74 Å². The molecule has 2 rings (SSSR count). The first-order valence-electron chi connectivity index (χ1n) is 6.42. The third-order valence-electron chi connectivity index (χ3n) is 3.55. The van der Waals surface area contributed by atoms with Crippen molar-refractivity contribution in [3.05, 3.63) is 29.8 Å². The van der Waals surface area contributed by atoms with Gasteiger partial charge in [-0.25, -0.2) is 0 Å². The normalized spacial score (nSPS) is 23.1. The fourth-order valence-electron chi connectivity index (χ4n) is 2.65. The fraction of sp³-hybridized carbons (Fsp3) is 0.500. The number of nitrogens with zero attached hydrogens (tertiary/aromatic N) is 1. The van der Waals surface area contributed by atoms with Crippen molar-refractivity contribution in [1.29, 1.82) is 0 Å². The van der Waals surface area contributed by atoms with Crippen LogP contribution in [0.3, 0.4) is 0 Å². The molecule has 1 aromatic rings. The maximum atomic E-state index is 12.1. The van der Waals surface area contributed by atoms with Gasteiger partial charge in [-0.15, -0.1) is 13.2 Å². The summed E-state index contributed by atoms with van der Waals surface area (Å²) in [6.07, 6.45) is -4.70. The Bertz CT molecular complexity index is 501.